The second kappa shape index (κ2) is 6.44. The van der Waals surface area contributed by atoms with Gasteiger partial charge in [-0.25, -0.2) is 0 Å². The minimum Gasteiger partial charge on any atom is -0.481 e. The van der Waals surface area contributed by atoms with Gasteiger partial charge in [-0.05, 0) is 6.92 Å². The number of quaternary nitrogens is 1. The molecule has 0 amide bonds. The molecule has 0 saturated carbocycles. The molecule has 0 spiro atoms. The molecule has 0 radical (unpaired) electrons. The Balaban J connectivity index is 4.16. The van der Waals surface area contributed by atoms with Crippen LogP contribution in [0.5, 0.6) is 0 Å². The summed E-state index contributed by atoms with van der Waals surface area (Å²) in [6.07, 6.45) is -0.246. The maximum Gasteiger partial charge on any atom is 0.306 e. The predicted octanol–water partition coefficient (Wildman–Crippen LogP) is 0.576. The number of rotatable bonds is 6. The van der Waals surface area contributed by atoms with Gasteiger partial charge in [-0.2, -0.15) is 0 Å². The molecule has 0 aliphatic rings. The first-order chi connectivity index (χ1) is 6.85. The zero-order chi connectivity index (χ0) is 11.9. The van der Waals surface area contributed by atoms with E-state index in [1.165, 1.54) is 0 Å². The maximum absolute atomic E-state index is 10.6. The van der Waals surface area contributed by atoms with E-state index in [1.807, 2.05) is 21.1 Å². The van der Waals surface area contributed by atoms with Gasteiger partial charge in [-0.3, -0.25) is 4.79 Å². The van der Waals surface area contributed by atoms with Crippen molar-refractivity contribution in [3.8, 4) is 11.8 Å². The van der Waals surface area contributed by atoms with E-state index >= 15 is 0 Å². The van der Waals surface area contributed by atoms with Gasteiger partial charge in [0.15, 0.2) is 0 Å². The largest absolute Gasteiger partial charge is 0.481 e. The SMILES string of the molecule is CC#CCO[C@H](CC(=O)O)C[N+](C)(C)C. The van der Waals surface area contributed by atoms with Crippen LogP contribution in [0.3, 0.4) is 0 Å². The molecular weight excluding hydrogens is 194 g/mol. The van der Waals surface area contributed by atoms with Gasteiger partial charge in [0.25, 0.3) is 0 Å². The van der Waals surface area contributed by atoms with Crippen LogP contribution in [0.25, 0.3) is 0 Å². The predicted molar refractivity (Wildman–Crippen MR) is 58.3 cm³/mol. The van der Waals surface area contributed by atoms with Crippen molar-refractivity contribution >= 4 is 5.97 Å². The summed E-state index contributed by atoms with van der Waals surface area (Å²) in [4.78, 5) is 10.6. The van der Waals surface area contributed by atoms with E-state index in [1.54, 1.807) is 6.92 Å². The highest BCUT2D eigenvalue weighted by molar-refractivity contribution is 5.67. The van der Waals surface area contributed by atoms with Crippen molar-refractivity contribution < 1.29 is 19.1 Å². The van der Waals surface area contributed by atoms with Crippen LogP contribution in [0.1, 0.15) is 13.3 Å². The van der Waals surface area contributed by atoms with Gasteiger partial charge in [0.2, 0.25) is 0 Å². The van der Waals surface area contributed by atoms with Gasteiger partial charge in [-0.1, -0.05) is 5.92 Å². The Morgan fingerprint density at radius 1 is 1.47 bits per heavy atom. The summed E-state index contributed by atoms with van der Waals surface area (Å²) >= 11 is 0. The molecule has 1 N–H and O–H groups in total. The fraction of sp³-hybridized carbons (Fsp3) is 0.727. The monoisotopic (exact) mass is 214 g/mol. The molecule has 4 nitrogen and oxygen atoms in total. The molecule has 0 aliphatic carbocycles. The third-order valence-corrected chi connectivity index (χ3v) is 1.72. The molecule has 0 heterocycles. The fourth-order valence-electron chi connectivity index (χ4n) is 1.21. The quantitative estimate of drug-likeness (QED) is 0.519. The van der Waals surface area contributed by atoms with Crippen LogP contribution in [0, 0.1) is 11.8 Å². The van der Waals surface area contributed by atoms with Crippen LogP contribution in [0.4, 0.5) is 0 Å². The minimum absolute atomic E-state index is 0.0287. The number of carboxylic acids is 1. The van der Waals surface area contributed by atoms with Crippen molar-refractivity contribution in [1.29, 1.82) is 0 Å². The lowest BCUT2D eigenvalue weighted by molar-refractivity contribution is -0.873. The lowest BCUT2D eigenvalue weighted by atomic mass is 10.2. The third kappa shape index (κ3) is 9.26. The number of aliphatic carboxylic acids is 1. The van der Waals surface area contributed by atoms with Gasteiger partial charge < -0.3 is 14.3 Å². The number of likely N-dealkylation sites (N-methyl/N-ethyl adjacent to an activating group) is 1. The van der Waals surface area contributed by atoms with Gasteiger partial charge in [0.05, 0.1) is 27.6 Å². The summed E-state index contributed by atoms with van der Waals surface area (Å²) in [6, 6.07) is 0. The van der Waals surface area contributed by atoms with Crippen molar-refractivity contribution in [1.82, 2.24) is 0 Å². The van der Waals surface area contributed by atoms with Crippen molar-refractivity contribution in [2.45, 2.75) is 19.4 Å². The van der Waals surface area contributed by atoms with Gasteiger partial charge in [0, 0.05) is 0 Å². The Hall–Kier alpha value is -1.05. The van der Waals surface area contributed by atoms with Crippen LogP contribution < -0.4 is 0 Å². The summed E-state index contributed by atoms with van der Waals surface area (Å²) in [5, 5.41) is 8.71. The van der Waals surface area contributed by atoms with Crippen molar-refractivity contribution in [2.24, 2.45) is 0 Å². The Morgan fingerprint density at radius 2 is 2.07 bits per heavy atom. The number of hydrogen-bond acceptors (Lipinski definition) is 2. The normalized spacial score (nSPS) is 12.8. The van der Waals surface area contributed by atoms with E-state index in [2.05, 4.69) is 11.8 Å². The number of carboxylic acid groups (broad SMARTS) is 1. The number of ether oxygens (including phenoxy) is 1. The Kier molecular flexibility index (Phi) is 5.99. The zero-order valence-corrected chi connectivity index (χ0v) is 9.91. The van der Waals surface area contributed by atoms with Crippen molar-refractivity contribution in [2.75, 3.05) is 34.3 Å². The van der Waals surface area contributed by atoms with Crippen LogP contribution in [-0.2, 0) is 9.53 Å². The summed E-state index contributed by atoms with van der Waals surface area (Å²) in [5.74, 6) is 4.64. The highest BCUT2D eigenvalue weighted by Crippen LogP contribution is 2.04. The average Bonchev–Trinajstić information content (AvgIpc) is 2.00. The fourth-order valence-corrected chi connectivity index (χ4v) is 1.21. The molecule has 0 aromatic rings. The average molecular weight is 214 g/mol. The maximum atomic E-state index is 10.6. The zero-order valence-electron chi connectivity index (χ0n) is 9.91. The highest BCUT2D eigenvalue weighted by atomic mass is 16.5. The number of nitrogens with zero attached hydrogens (tertiary/aromatic N) is 1. The van der Waals surface area contributed by atoms with E-state index in [0.29, 0.717) is 17.6 Å². The van der Waals surface area contributed by atoms with Crippen molar-refractivity contribution in [3.05, 3.63) is 0 Å². The summed E-state index contributed by atoms with van der Waals surface area (Å²) in [6.45, 7) is 2.70. The summed E-state index contributed by atoms with van der Waals surface area (Å²) in [5.41, 5.74) is 0. The molecule has 0 aliphatic heterocycles. The highest BCUT2D eigenvalue weighted by Gasteiger charge is 2.21. The topological polar surface area (TPSA) is 46.5 Å². The second-order valence-corrected chi connectivity index (χ2v) is 4.43. The molecule has 0 aromatic carbocycles. The molecule has 0 fully saturated rings. The molecule has 0 saturated heterocycles. The van der Waals surface area contributed by atoms with Crippen molar-refractivity contribution in [3.63, 3.8) is 0 Å². The minimum atomic E-state index is -0.835. The van der Waals surface area contributed by atoms with Crippen LogP contribution in [0.2, 0.25) is 0 Å². The molecular formula is C11H20NO3+. The van der Waals surface area contributed by atoms with Crippen LogP contribution >= 0.6 is 0 Å². The third-order valence-electron chi connectivity index (χ3n) is 1.72. The lowest BCUT2D eigenvalue weighted by Crippen LogP contribution is -2.43. The molecule has 0 unspecified atom stereocenters. The molecule has 4 heteroatoms. The Morgan fingerprint density at radius 3 is 2.47 bits per heavy atom. The van der Waals surface area contributed by atoms with Crippen LogP contribution in [0.15, 0.2) is 0 Å². The molecule has 1 atom stereocenters. The van der Waals surface area contributed by atoms with E-state index in [9.17, 15) is 4.79 Å². The molecule has 86 valence electrons. The standard InChI is InChI=1S/C11H19NO3/c1-5-6-7-15-10(8-11(13)14)9-12(2,3)4/h10H,7-9H2,1-4H3/p+1/t10-/m1/s1. The van der Waals surface area contributed by atoms with Crippen LogP contribution in [-0.4, -0.2) is 56.0 Å². The summed E-state index contributed by atoms with van der Waals surface area (Å²) in [7, 11) is 6.01. The second-order valence-electron chi connectivity index (χ2n) is 4.43. The van der Waals surface area contributed by atoms with Gasteiger partial charge in [-0.15, -0.1) is 5.92 Å². The van der Waals surface area contributed by atoms with E-state index in [4.69, 9.17) is 9.84 Å². The van der Waals surface area contributed by atoms with E-state index in [-0.39, 0.29) is 12.5 Å². The molecule has 15 heavy (non-hydrogen) atoms. The summed E-state index contributed by atoms with van der Waals surface area (Å²) < 4.78 is 6.08. The number of hydrogen-bond donors (Lipinski definition) is 1. The first kappa shape index (κ1) is 13.9. The lowest BCUT2D eigenvalue weighted by Gasteiger charge is -2.28. The first-order valence-electron chi connectivity index (χ1n) is 4.88. The Bertz CT molecular complexity index is 257. The van der Waals surface area contributed by atoms with Gasteiger partial charge >= 0.3 is 5.97 Å². The van der Waals surface area contributed by atoms with E-state index in [0.717, 1.165) is 0 Å². The molecule has 0 bridgehead atoms. The smallest absolute Gasteiger partial charge is 0.306 e. The Labute approximate surface area is 91.4 Å². The van der Waals surface area contributed by atoms with Gasteiger partial charge in [0.1, 0.15) is 19.3 Å². The first-order valence-corrected chi connectivity index (χ1v) is 4.88. The molecule has 0 aromatic heterocycles. The van der Waals surface area contributed by atoms with E-state index < -0.39 is 5.97 Å². The molecule has 0 rings (SSSR count). The number of carbonyl (C=O) groups is 1.